The number of carbonyl (C=O) groups is 1. The molecule has 1 aliphatic carbocycles. The third kappa shape index (κ3) is 4.93. The molecule has 2 atom stereocenters. The van der Waals surface area contributed by atoms with Gasteiger partial charge in [0.2, 0.25) is 0 Å². The Bertz CT molecular complexity index is 446. The number of aliphatic carboxylic acids is 1. The van der Waals surface area contributed by atoms with Crippen LogP contribution in [0.1, 0.15) is 25.7 Å². The maximum absolute atomic E-state index is 11.0. The van der Waals surface area contributed by atoms with Crippen molar-refractivity contribution in [2.24, 2.45) is 5.92 Å². The van der Waals surface area contributed by atoms with Crippen LogP contribution in [0.2, 0.25) is 0 Å². The quantitative estimate of drug-likeness (QED) is 0.755. The predicted octanol–water partition coefficient (Wildman–Crippen LogP) is 2.31. The highest BCUT2D eigenvalue weighted by atomic mass is 16.5. The molecule has 1 aliphatic rings. The van der Waals surface area contributed by atoms with E-state index in [1.807, 2.05) is 24.3 Å². The van der Waals surface area contributed by atoms with Gasteiger partial charge in [0.15, 0.2) is 0 Å². The first-order chi connectivity index (χ1) is 10.2. The first-order valence-electron chi connectivity index (χ1n) is 7.42. The Labute approximate surface area is 125 Å². The Morgan fingerprint density at radius 2 is 2.00 bits per heavy atom. The molecule has 0 saturated heterocycles. The van der Waals surface area contributed by atoms with Gasteiger partial charge in [-0.3, -0.25) is 4.79 Å². The Morgan fingerprint density at radius 1 is 1.29 bits per heavy atom. The molecule has 0 bridgehead atoms. The first-order valence-corrected chi connectivity index (χ1v) is 7.42. The molecule has 0 aliphatic heterocycles. The molecule has 116 valence electrons. The predicted molar refractivity (Wildman–Crippen MR) is 79.9 cm³/mol. The summed E-state index contributed by atoms with van der Waals surface area (Å²) in [5.74, 6) is 0.752. The van der Waals surface area contributed by atoms with E-state index in [1.54, 1.807) is 7.11 Å². The zero-order valence-electron chi connectivity index (χ0n) is 12.4. The van der Waals surface area contributed by atoms with Crippen molar-refractivity contribution >= 4 is 5.97 Å². The maximum Gasteiger partial charge on any atom is 0.306 e. The summed E-state index contributed by atoms with van der Waals surface area (Å²) in [7, 11) is 1.63. The zero-order valence-corrected chi connectivity index (χ0v) is 12.4. The minimum atomic E-state index is -0.670. The van der Waals surface area contributed by atoms with Crippen LogP contribution in [0.5, 0.6) is 11.5 Å². The van der Waals surface area contributed by atoms with Gasteiger partial charge >= 0.3 is 5.97 Å². The van der Waals surface area contributed by atoms with E-state index in [4.69, 9.17) is 14.6 Å². The second kappa shape index (κ2) is 7.88. The van der Waals surface area contributed by atoms with Gasteiger partial charge in [-0.05, 0) is 43.5 Å². The zero-order chi connectivity index (χ0) is 15.1. The fourth-order valence-electron chi connectivity index (χ4n) is 2.70. The summed E-state index contributed by atoms with van der Waals surface area (Å²) in [6, 6.07) is 7.77. The van der Waals surface area contributed by atoms with Crippen LogP contribution in [-0.2, 0) is 4.79 Å². The summed E-state index contributed by atoms with van der Waals surface area (Å²) >= 11 is 0. The van der Waals surface area contributed by atoms with E-state index < -0.39 is 5.97 Å². The third-order valence-electron chi connectivity index (χ3n) is 3.89. The molecule has 1 aromatic rings. The van der Waals surface area contributed by atoms with Crippen molar-refractivity contribution in [2.45, 2.75) is 31.7 Å². The molecule has 5 heteroatoms. The molecule has 5 nitrogen and oxygen atoms in total. The Morgan fingerprint density at radius 3 is 2.67 bits per heavy atom. The maximum atomic E-state index is 11.0. The van der Waals surface area contributed by atoms with Crippen LogP contribution in [0.15, 0.2) is 24.3 Å². The fraction of sp³-hybridized carbons (Fsp3) is 0.562. The highest BCUT2D eigenvalue weighted by Gasteiger charge is 2.26. The number of benzene rings is 1. The van der Waals surface area contributed by atoms with Crippen LogP contribution in [-0.4, -0.2) is 37.4 Å². The minimum absolute atomic E-state index is 0.196. The van der Waals surface area contributed by atoms with Crippen LogP contribution < -0.4 is 14.8 Å². The molecule has 2 unspecified atom stereocenters. The molecule has 0 radical (unpaired) electrons. The van der Waals surface area contributed by atoms with E-state index in [0.717, 1.165) is 43.7 Å². The Kier molecular flexibility index (Phi) is 5.87. The van der Waals surface area contributed by atoms with E-state index in [1.165, 1.54) is 0 Å². The molecule has 1 fully saturated rings. The number of methoxy groups -OCH3 is 1. The summed E-state index contributed by atoms with van der Waals surface area (Å²) in [5.41, 5.74) is 0. The van der Waals surface area contributed by atoms with Crippen molar-refractivity contribution in [3.8, 4) is 11.5 Å². The van der Waals surface area contributed by atoms with Gasteiger partial charge < -0.3 is 19.9 Å². The van der Waals surface area contributed by atoms with Gasteiger partial charge in [0, 0.05) is 12.6 Å². The SMILES string of the molecule is COc1ccc(OCCNC2CCCC(C(=O)O)C2)cc1. The molecule has 1 saturated carbocycles. The summed E-state index contributed by atoms with van der Waals surface area (Å²) < 4.78 is 10.7. The average Bonchev–Trinajstić information content (AvgIpc) is 2.52. The third-order valence-corrected chi connectivity index (χ3v) is 3.89. The van der Waals surface area contributed by atoms with Crippen molar-refractivity contribution in [3.63, 3.8) is 0 Å². The van der Waals surface area contributed by atoms with Gasteiger partial charge in [-0.15, -0.1) is 0 Å². The number of ether oxygens (including phenoxy) is 2. The summed E-state index contributed by atoms with van der Waals surface area (Å²) in [6.45, 7) is 1.30. The molecule has 2 rings (SSSR count). The smallest absolute Gasteiger partial charge is 0.306 e. The lowest BCUT2D eigenvalue weighted by Gasteiger charge is -2.27. The average molecular weight is 293 g/mol. The Hall–Kier alpha value is -1.75. The van der Waals surface area contributed by atoms with E-state index in [2.05, 4.69) is 5.32 Å². The van der Waals surface area contributed by atoms with Crippen molar-refractivity contribution in [1.82, 2.24) is 5.32 Å². The molecule has 0 aromatic heterocycles. The van der Waals surface area contributed by atoms with E-state index >= 15 is 0 Å². The number of carboxylic acid groups (broad SMARTS) is 1. The molecular formula is C16H23NO4. The van der Waals surface area contributed by atoms with E-state index in [9.17, 15) is 4.79 Å². The number of carboxylic acids is 1. The highest BCUT2D eigenvalue weighted by molar-refractivity contribution is 5.70. The number of hydrogen-bond acceptors (Lipinski definition) is 4. The monoisotopic (exact) mass is 293 g/mol. The molecule has 0 spiro atoms. The van der Waals surface area contributed by atoms with Gasteiger partial charge in [-0.1, -0.05) is 6.42 Å². The molecular weight excluding hydrogens is 270 g/mol. The lowest BCUT2D eigenvalue weighted by Crippen LogP contribution is -2.38. The van der Waals surface area contributed by atoms with Gasteiger partial charge in [-0.25, -0.2) is 0 Å². The van der Waals surface area contributed by atoms with Crippen LogP contribution >= 0.6 is 0 Å². The van der Waals surface area contributed by atoms with Crippen LogP contribution in [0.4, 0.5) is 0 Å². The van der Waals surface area contributed by atoms with Gasteiger partial charge in [-0.2, -0.15) is 0 Å². The lowest BCUT2D eigenvalue weighted by molar-refractivity contribution is -0.143. The second-order valence-electron chi connectivity index (χ2n) is 5.38. The summed E-state index contributed by atoms with van der Waals surface area (Å²) in [5, 5.41) is 12.4. The van der Waals surface area contributed by atoms with Gasteiger partial charge in [0.25, 0.3) is 0 Å². The van der Waals surface area contributed by atoms with Crippen LogP contribution in [0.25, 0.3) is 0 Å². The molecule has 21 heavy (non-hydrogen) atoms. The van der Waals surface area contributed by atoms with Gasteiger partial charge in [0.1, 0.15) is 18.1 Å². The topological polar surface area (TPSA) is 67.8 Å². The summed E-state index contributed by atoms with van der Waals surface area (Å²) in [4.78, 5) is 11.0. The summed E-state index contributed by atoms with van der Waals surface area (Å²) in [6.07, 6.45) is 3.55. The van der Waals surface area contributed by atoms with Crippen molar-refractivity contribution < 1.29 is 19.4 Å². The van der Waals surface area contributed by atoms with E-state index in [-0.39, 0.29) is 5.92 Å². The largest absolute Gasteiger partial charge is 0.497 e. The molecule has 1 aromatic carbocycles. The first kappa shape index (κ1) is 15.6. The second-order valence-corrected chi connectivity index (χ2v) is 5.38. The number of nitrogens with one attached hydrogen (secondary N) is 1. The van der Waals surface area contributed by atoms with Crippen LogP contribution in [0.3, 0.4) is 0 Å². The normalized spacial score (nSPS) is 21.8. The van der Waals surface area contributed by atoms with Gasteiger partial charge in [0.05, 0.1) is 13.0 Å². The van der Waals surface area contributed by atoms with E-state index in [0.29, 0.717) is 12.6 Å². The van der Waals surface area contributed by atoms with Crippen molar-refractivity contribution in [3.05, 3.63) is 24.3 Å². The minimum Gasteiger partial charge on any atom is -0.497 e. The Balaban J connectivity index is 1.65. The standard InChI is InChI=1S/C16H23NO4/c1-20-14-5-7-15(8-6-14)21-10-9-17-13-4-2-3-12(11-13)16(18)19/h5-8,12-13,17H,2-4,9-11H2,1H3,(H,18,19). The molecule has 0 amide bonds. The lowest BCUT2D eigenvalue weighted by atomic mass is 9.86. The number of rotatable bonds is 7. The van der Waals surface area contributed by atoms with Crippen molar-refractivity contribution in [2.75, 3.05) is 20.3 Å². The molecule has 0 heterocycles. The van der Waals surface area contributed by atoms with Crippen molar-refractivity contribution in [1.29, 1.82) is 0 Å². The highest BCUT2D eigenvalue weighted by Crippen LogP contribution is 2.24. The molecule has 2 N–H and O–H groups in total. The van der Waals surface area contributed by atoms with Crippen LogP contribution in [0, 0.1) is 5.92 Å². The number of hydrogen-bond donors (Lipinski definition) is 2. The fourth-order valence-corrected chi connectivity index (χ4v) is 2.70.